The Morgan fingerprint density at radius 1 is 1.42 bits per heavy atom. The number of esters is 1. The van der Waals surface area contributed by atoms with Crippen molar-refractivity contribution in [3.8, 4) is 0 Å². The highest BCUT2D eigenvalue weighted by Gasteiger charge is 2.45. The van der Waals surface area contributed by atoms with Crippen LogP contribution < -0.4 is 0 Å². The second-order valence-corrected chi connectivity index (χ2v) is 4.38. The van der Waals surface area contributed by atoms with E-state index in [-0.39, 0.29) is 5.69 Å². The first-order chi connectivity index (χ1) is 9.04. The number of carbonyl (C=O) groups excluding carboxylic acids is 1. The van der Waals surface area contributed by atoms with E-state index in [1.54, 1.807) is 25.3 Å². The Labute approximate surface area is 110 Å². The zero-order chi connectivity index (χ0) is 14.0. The third-order valence-electron chi connectivity index (χ3n) is 3.10. The number of aromatic nitrogens is 1. The quantitative estimate of drug-likeness (QED) is 0.650. The fourth-order valence-corrected chi connectivity index (χ4v) is 1.97. The van der Waals surface area contributed by atoms with Gasteiger partial charge in [-0.15, -0.1) is 0 Å². The van der Waals surface area contributed by atoms with Crippen LogP contribution in [0.4, 0.5) is 0 Å². The Kier molecular flexibility index (Phi) is 4.20. The molecule has 1 aromatic rings. The summed E-state index contributed by atoms with van der Waals surface area (Å²) in [5.74, 6) is -0.618. The maximum atomic E-state index is 11.8. The lowest BCUT2D eigenvalue weighted by atomic mass is 10.00. The van der Waals surface area contributed by atoms with Crippen molar-refractivity contribution in [3.05, 3.63) is 24.0 Å². The number of methoxy groups -OCH3 is 1. The number of rotatable bonds is 3. The van der Waals surface area contributed by atoms with Crippen LogP contribution in [0.15, 0.2) is 18.3 Å². The van der Waals surface area contributed by atoms with Crippen LogP contribution in [0.5, 0.6) is 0 Å². The maximum Gasteiger partial charge on any atom is 0.357 e. The Balaban J connectivity index is 2.07. The summed E-state index contributed by atoms with van der Waals surface area (Å²) in [7, 11) is 1.34. The number of aliphatic hydroxyl groups is 2. The van der Waals surface area contributed by atoms with Gasteiger partial charge in [0.2, 0.25) is 6.29 Å². The summed E-state index contributed by atoms with van der Waals surface area (Å²) in [6.45, 7) is 1.58. The normalized spacial score (nSPS) is 35.1. The Hall–Kier alpha value is -1.41. The van der Waals surface area contributed by atoms with E-state index >= 15 is 0 Å². The van der Waals surface area contributed by atoms with E-state index in [0.29, 0.717) is 0 Å². The smallest absolute Gasteiger partial charge is 0.357 e. The highest BCUT2D eigenvalue weighted by atomic mass is 16.7. The lowest BCUT2D eigenvalue weighted by Crippen LogP contribution is -2.58. The van der Waals surface area contributed by atoms with Gasteiger partial charge in [0.15, 0.2) is 0 Å². The molecular formula is C12H17NO6. The molecule has 1 aromatic heterocycles. The molecule has 0 spiro atoms. The van der Waals surface area contributed by atoms with Crippen LogP contribution in [0.25, 0.3) is 0 Å². The van der Waals surface area contributed by atoms with Crippen LogP contribution in [0.2, 0.25) is 0 Å². The largest absolute Gasteiger partial charge is 0.428 e. The summed E-state index contributed by atoms with van der Waals surface area (Å²) in [6.07, 6.45) is -3.37. The monoisotopic (exact) mass is 271 g/mol. The highest BCUT2D eigenvalue weighted by molar-refractivity contribution is 5.87. The molecule has 0 bridgehead atoms. The predicted octanol–water partition coefficient (Wildman–Crippen LogP) is -0.347. The van der Waals surface area contributed by atoms with Gasteiger partial charge >= 0.3 is 5.97 Å². The minimum absolute atomic E-state index is 0.270. The van der Waals surface area contributed by atoms with Crippen molar-refractivity contribution >= 4 is 5.97 Å². The lowest BCUT2D eigenvalue weighted by Gasteiger charge is -2.40. The maximum absolute atomic E-state index is 11.8. The first-order valence-corrected chi connectivity index (χ1v) is 5.93. The first kappa shape index (κ1) is 14.0. The van der Waals surface area contributed by atoms with E-state index in [0.717, 1.165) is 0 Å². The van der Waals surface area contributed by atoms with Gasteiger partial charge in [-0.25, -0.2) is 4.79 Å². The Bertz CT molecular complexity index is 420. The van der Waals surface area contributed by atoms with Crippen molar-refractivity contribution in [1.29, 1.82) is 0 Å². The third kappa shape index (κ3) is 2.79. The molecule has 1 saturated heterocycles. The second kappa shape index (κ2) is 5.70. The number of carbonyl (C=O) groups is 1. The number of H-pyrrole nitrogens is 1. The van der Waals surface area contributed by atoms with Crippen LogP contribution in [-0.4, -0.2) is 59.0 Å². The van der Waals surface area contributed by atoms with Crippen LogP contribution in [0.3, 0.4) is 0 Å². The molecule has 0 aliphatic carbocycles. The van der Waals surface area contributed by atoms with Gasteiger partial charge in [-0.1, -0.05) is 0 Å². The number of hydrogen-bond acceptors (Lipinski definition) is 6. The van der Waals surface area contributed by atoms with E-state index in [1.165, 1.54) is 7.11 Å². The fourth-order valence-electron chi connectivity index (χ4n) is 1.97. The Morgan fingerprint density at radius 2 is 2.16 bits per heavy atom. The van der Waals surface area contributed by atoms with Crippen molar-refractivity contribution in [2.24, 2.45) is 0 Å². The van der Waals surface area contributed by atoms with Crippen LogP contribution >= 0.6 is 0 Å². The molecule has 19 heavy (non-hydrogen) atoms. The number of aromatic amines is 1. The summed E-state index contributed by atoms with van der Waals surface area (Å²) < 4.78 is 15.5. The average molecular weight is 271 g/mol. The molecule has 1 fully saturated rings. The van der Waals surface area contributed by atoms with Crippen molar-refractivity contribution < 1.29 is 29.2 Å². The van der Waals surface area contributed by atoms with Gasteiger partial charge in [0.1, 0.15) is 24.0 Å². The van der Waals surface area contributed by atoms with Gasteiger partial charge in [-0.2, -0.15) is 0 Å². The standard InChI is InChI=1S/C12H17NO6/c1-6-8(14)9(15)10(17-2)12(18-6)19-11(16)7-4-3-5-13-7/h3-6,8-10,12-15H,1-2H3. The summed E-state index contributed by atoms with van der Waals surface area (Å²) >= 11 is 0. The fraction of sp³-hybridized carbons (Fsp3) is 0.583. The molecule has 5 unspecified atom stereocenters. The Morgan fingerprint density at radius 3 is 2.74 bits per heavy atom. The minimum atomic E-state index is -1.19. The minimum Gasteiger partial charge on any atom is -0.428 e. The van der Waals surface area contributed by atoms with E-state index in [2.05, 4.69) is 4.98 Å². The van der Waals surface area contributed by atoms with Crippen LogP contribution in [-0.2, 0) is 14.2 Å². The third-order valence-corrected chi connectivity index (χ3v) is 3.10. The molecule has 2 heterocycles. The van der Waals surface area contributed by atoms with Crippen molar-refractivity contribution in [3.63, 3.8) is 0 Å². The molecule has 7 heteroatoms. The van der Waals surface area contributed by atoms with Crippen molar-refractivity contribution in [1.82, 2.24) is 4.98 Å². The van der Waals surface area contributed by atoms with E-state index in [4.69, 9.17) is 14.2 Å². The molecule has 0 aromatic carbocycles. The average Bonchev–Trinajstić information content (AvgIpc) is 2.90. The van der Waals surface area contributed by atoms with Gasteiger partial charge in [-0.3, -0.25) is 0 Å². The summed E-state index contributed by atoms with van der Waals surface area (Å²) in [6, 6.07) is 3.22. The van der Waals surface area contributed by atoms with Gasteiger partial charge in [0.05, 0.1) is 6.10 Å². The highest BCUT2D eigenvalue weighted by Crippen LogP contribution is 2.24. The number of nitrogens with one attached hydrogen (secondary N) is 1. The summed E-state index contributed by atoms with van der Waals surface area (Å²) in [4.78, 5) is 14.5. The second-order valence-electron chi connectivity index (χ2n) is 4.38. The molecule has 1 aliphatic heterocycles. The van der Waals surface area contributed by atoms with Crippen molar-refractivity contribution in [2.45, 2.75) is 37.6 Å². The van der Waals surface area contributed by atoms with Crippen LogP contribution in [0.1, 0.15) is 17.4 Å². The SMILES string of the molecule is COC1C(OC(=O)c2ccc[nH]2)OC(C)C(O)C1O. The van der Waals surface area contributed by atoms with Crippen molar-refractivity contribution in [2.75, 3.05) is 7.11 Å². The molecule has 7 nitrogen and oxygen atoms in total. The summed E-state index contributed by atoms with van der Waals surface area (Å²) in [5.41, 5.74) is 0.270. The first-order valence-electron chi connectivity index (χ1n) is 5.93. The molecule has 1 aliphatic rings. The zero-order valence-electron chi connectivity index (χ0n) is 10.6. The molecular weight excluding hydrogens is 254 g/mol. The molecule has 106 valence electrons. The molecule has 2 rings (SSSR count). The molecule has 0 amide bonds. The predicted molar refractivity (Wildman–Crippen MR) is 63.4 cm³/mol. The van der Waals surface area contributed by atoms with Gasteiger partial charge in [-0.05, 0) is 19.1 Å². The lowest BCUT2D eigenvalue weighted by molar-refractivity contribution is -0.281. The van der Waals surface area contributed by atoms with Gasteiger partial charge in [0, 0.05) is 13.3 Å². The van der Waals surface area contributed by atoms with Crippen LogP contribution in [0, 0.1) is 0 Å². The zero-order valence-corrected chi connectivity index (χ0v) is 10.6. The van der Waals surface area contributed by atoms with E-state index in [9.17, 15) is 15.0 Å². The molecule has 5 atom stereocenters. The number of hydrogen-bond donors (Lipinski definition) is 3. The van der Waals surface area contributed by atoms with Gasteiger partial charge in [0.25, 0.3) is 0 Å². The topological polar surface area (TPSA) is 101 Å². The summed E-state index contributed by atoms with van der Waals surface area (Å²) in [5, 5.41) is 19.5. The molecule has 0 saturated carbocycles. The molecule has 0 radical (unpaired) electrons. The number of ether oxygens (including phenoxy) is 3. The van der Waals surface area contributed by atoms with E-state index in [1.807, 2.05) is 0 Å². The molecule has 3 N–H and O–H groups in total. The number of aliphatic hydroxyl groups excluding tert-OH is 2. The van der Waals surface area contributed by atoms with Gasteiger partial charge < -0.3 is 29.4 Å². The van der Waals surface area contributed by atoms with E-state index < -0.39 is 36.7 Å².